The van der Waals surface area contributed by atoms with E-state index in [0.717, 1.165) is 0 Å². The van der Waals surface area contributed by atoms with E-state index < -0.39 is 0 Å². The molecule has 0 fully saturated rings. The Hall–Kier alpha value is 2.71. The van der Waals surface area contributed by atoms with Crippen molar-refractivity contribution < 1.29 is 15.0 Å². The van der Waals surface area contributed by atoms with Crippen molar-refractivity contribution in [2.24, 2.45) is 0 Å². The van der Waals surface area contributed by atoms with E-state index >= 15 is 0 Å². The molecule has 0 N–H and O–H groups in total. The summed E-state index contributed by atoms with van der Waals surface area (Å²) in [5.74, 6) is 0. The van der Waals surface area contributed by atoms with Gasteiger partial charge in [-0.25, -0.2) is 0 Å². The summed E-state index contributed by atoms with van der Waals surface area (Å²) in [6.07, 6.45) is 0. The predicted octanol–water partition coefficient (Wildman–Crippen LogP) is -0.731. The third-order valence-electron chi connectivity index (χ3n) is 0.0791. The van der Waals surface area contributed by atoms with Crippen molar-refractivity contribution in [3.05, 3.63) is 0 Å². The van der Waals surface area contributed by atoms with Gasteiger partial charge in [0.15, 0.2) is 0 Å². The molecule has 0 aliphatic carbocycles. The van der Waals surface area contributed by atoms with E-state index in [9.17, 15) is 0 Å². The molecule has 0 saturated heterocycles. The van der Waals surface area contributed by atoms with Crippen molar-refractivity contribution >= 4 is 100 Å². The van der Waals surface area contributed by atoms with Gasteiger partial charge in [0.25, 0.3) is 0 Å². The zero-order valence-electron chi connectivity index (χ0n) is 3.96. The van der Waals surface area contributed by atoms with Gasteiger partial charge in [-0.3, -0.25) is 0 Å². The maximum atomic E-state index is 7.59. The van der Waals surface area contributed by atoms with Gasteiger partial charge in [-0.15, -0.1) is 0 Å². The molecule has 0 bridgehead atoms. The van der Waals surface area contributed by atoms with Crippen LogP contribution in [0.3, 0.4) is 0 Å². The van der Waals surface area contributed by atoms with Gasteiger partial charge in [0.05, 0.1) is 0 Å². The van der Waals surface area contributed by atoms with Gasteiger partial charge in [-0.2, -0.15) is 0 Å². The fourth-order valence-corrected chi connectivity index (χ4v) is 0.0729. The van der Waals surface area contributed by atoms with Crippen molar-refractivity contribution in [2.45, 2.75) is 0 Å². The fraction of sp³-hybridized carbons (Fsp3) is 0. The Morgan fingerprint density at radius 2 is 1.43 bits per heavy atom. The number of hydrogen-bond acceptors (Lipinski definition) is 2. The largest absolute Gasteiger partial charge is 0 e. The Balaban J connectivity index is -0.0000000800. The number of rotatable bonds is 0. The smallest absolute Gasteiger partial charge is 0 e. The topological polar surface area (TPSA) is 47.6 Å². The molecule has 0 unspecified atom stereocenters. The van der Waals surface area contributed by atoms with Crippen molar-refractivity contribution in [3.63, 3.8) is 0 Å². The molecule has 0 aromatic rings. The molecule has 0 atom stereocenters. The van der Waals surface area contributed by atoms with Gasteiger partial charge < -0.3 is 0 Å². The molecule has 3 radical (unpaired) electrons. The maximum Gasteiger partial charge on any atom is 0 e. The predicted molar refractivity (Wildman–Crippen MR) is 22.7 cm³/mol. The molecule has 0 spiro atoms. The van der Waals surface area contributed by atoms with Crippen LogP contribution < -0.4 is 0 Å². The quantitative estimate of drug-likeness (QED) is 0.551. The average Bonchev–Trinajstić information content (AvgIpc) is 1.41. The third-order valence-corrected chi connectivity index (χ3v) is 0.326. The molecule has 0 rings (SSSR count). The Morgan fingerprint density at radius 3 is 1.43 bits per heavy atom. The molecular formula is C2BaFeKN2. The molecule has 2 nitrogen and oxygen atoms in total. The number of nitrogens with zero attached hydrogens (tertiary/aromatic N) is 2. The van der Waals surface area contributed by atoms with Gasteiger partial charge >= 0.3 is 35.4 Å². The first-order valence-electron chi connectivity index (χ1n) is 0.801. The van der Waals surface area contributed by atoms with Crippen LogP contribution in [0, 0.1) is 20.5 Å². The van der Waals surface area contributed by atoms with Crippen LogP contribution in [0.1, 0.15) is 0 Å². The monoisotopic (exact) mass is 285 g/mol. The van der Waals surface area contributed by atoms with Crippen molar-refractivity contribution in [1.29, 1.82) is 10.5 Å². The van der Waals surface area contributed by atoms with E-state index in [1.165, 1.54) is 0 Å². The standard InChI is InChI=1S/2CN.Ba.Fe.K/c2*1-2;;;. The summed E-state index contributed by atoms with van der Waals surface area (Å²) in [6, 6.07) is 0. The van der Waals surface area contributed by atoms with Crippen LogP contribution in [-0.2, 0) is 15.0 Å². The fourth-order valence-electron chi connectivity index (χ4n) is 0.0177. The SMILES string of the molecule is N#[C][Fe][C]#N.[Ba].[K]. The molecule has 29 valence electrons. The molecule has 0 heterocycles. The van der Waals surface area contributed by atoms with Crippen LogP contribution in [0.5, 0.6) is 0 Å². The van der Waals surface area contributed by atoms with Crippen LogP contribution in [-0.4, -0.2) is 100 Å². The summed E-state index contributed by atoms with van der Waals surface area (Å²) < 4.78 is 0. The first-order chi connectivity index (χ1) is 2.41. The summed E-state index contributed by atoms with van der Waals surface area (Å²) in [4.78, 5) is 3.31. The Kier molecular flexibility index (Phi) is 37.1. The Bertz CT molecular complexity index is 80.8. The Labute approximate surface area is 132 Å². The normalized spacial score (nSPS) is 3.71. The van der Waals surface area contributed by atoms with E-state index in [4.69, 9.17) is 10.5 Å². The second kappa shape index (κ2) is 15.9. The van der Waals surface area contributed by atoms with Gasteiger partial charge in [-0.05, 0) is 0 Å². The van der Waals surface area contributed by atoms with Gasteiger partial charge in [-0.1, -0.05) is 0 Å². The van der Waals surface area contributed by atoms with Crippen molar-refractivity contribution in [2.75, 3.05) is 0 Å². The van der Waals surface area contributed by atoms with Crippen LogP contribution >= 0.6 is 0 Å². The van der Waals surface area contributed by atoms with Crippen LogP contribution in [0.4, 0.5) is 0 Å². The zero-order valence-corrected chi connectivity index (χ0v) is 12.6. The molecule has 5 heteroatoms. The van der Waals surface area contributed by atoms with E-state index in [1.807, 2.05) is 0 Å². The first-order valence-corrected chi connectivity index (χ1v) is 1.90. The van der Waals surface area contributed by atoms with Gasteiger partial charge in [0.2, 0.25) is 0 Å². The number of hydrogen-bond donors (Lipinski definition) is 0. The number of nitriles is 2. The molecule has 7 heavy (non-hydrogen) atoms. The first kappa shape index (κ1) is 16.4. The van der Waals surface area contributed by atoms with Crippen molar-refractivity contribution in [3.8, 4) is 9.94 Å². The summed E-state index contributed by atoms with van der Waals surface area (Å²) in [5, 5.41) is 15.2. The third kappa shape index (κ3) is 17.7. The van der Waals surface area contributed by atoms with Crippen LogP contribution in [0.15, 0.2) is 0 Å². The Morgan fingerprint density at radius 1 is 1.14 bits per heavy atom. The van der Waals surface area contributed by atoms with E-state index in [2.05, 4.69) is 0 Å². The minimum atomic E-state index is 0. The maximum absolute atomic E-state index is 7.59. The summed E-state index contributed by atoms with van der Waals surface area (Å²) in [6.45, 7) is 0. The molecule has 0 saturated carbocycles. The molecular weight excluding hydrogens is 284 g/mol. The average molecular weight is 284 g/mol. The summed E-state index contributed by atoms with van der Waals surface area (Å²) in [7, 11) is 0. The molecule has 0 aromatic carbocycles. The summed E-state index contributed by atoms with van der Waals surface area (Å²) >= 11 is 0. The van der Waals surface area contributed by atoms with Crippen molar-refractivity contribution in [1.82, 2.24) is 0 Å². The second-order valence-corrected chi connectivity index (χ2v) is 1.02. The molecule has 0 aliphatic rings. The summed E-state index contributed by atoms with van der Waals surface area (Å²) in [5.41, 5.74) is 0. The van der Waals surface area contributed by atoms with Gasteiger partial charge in [0.1, 0.15) is 0 Å². The minimum Gasteiger partial charge on any atom is 0 e. The van der Waals surface area contributed by atoms with Crippen LogP contribution in [0.2, 0.25) is 0 Å². The van der Waals surface area contributed by atoms with E-state index in [-0.39, 0.29) is 115 Å². The molecule has 0 aromatic heterocycles. The van der Waals surface area contributed by atoms with E-state index in [0.29, 0.717) is 0 Å². The molecule has 0 amide bonds. The van der Waals surface area contributed by atoms with Crippen LogP contribution in [0.25, 0.3) is 0 Å². The van der Waals surface area contributed by atoms with Gasteiger partial charge in [0, 0.05) is 100 Å². The van der Waals surface area contributed by atoms with E-state index in [1.54, 1.807) is 9.94 Å². The second-order valence-electron chi connectivity index (χ2n) is 0.247. The zero-order chi connectivity index (χ0) is 4.12. The minimum absolute atomic E-state index is 0. The molecule has 0 aliphatic heterocycles.